The van der Waals surface area contributed by atoms with Crippen molar-refractivity contribution in [1.82, 2.24) is 0 Å². The molecule has 0 heterocycles. The lowest BCUT2D eigenvalue weighted by Crippen LogP contribution is -2.22. The number of carbonyl (C=O) groups is 2. The third kappa shape index (κ3) is 2.45. The van der Waals surface area contributed by atoms with Gasteiger partial charge in [-0.1, -0.05) is 6.07 Å². The van der Waals surface area contributed by atoms with Crippen LogP contribution in [0.25, 0.3) is 0 Å². The van der Waals surface area contributed by atoms with E-state index in [0.717, 1.165) is 0 Å². The molecule has 0 saturated heterocycles. The van der Waals surface area contributed by atoms with E-state index in [1.165, 1.54) is 18.2 Å². The predicted molar refractivity (Wildman–Crippen MR) is 60.8 cm³/mol. The molecular weight excluding hydrogens is 232 g/mol. The molecule has 0 bridgehead atoms. The highest BCUT2D eigenvalue weighted by molar-refractivity contribution is 7.80. The zero-order chi connectivity index (χ0) is 12.3. The molecule has 0 radical (unpaired) electrons. The van der Waals surface area contributed by atoms with Crippen molar-refractivity contribution in [3.63, 3.8) is 0 Å². The minimum atomic E-state index is -1.36. The highest BCUT2D eigenvalue weighted by Gasteiger charge is 2.19. The van der Waals surface area contributed by atoms with E-state index in [2.05, 4.69) is 17.5 Å². The molecule has 0 atom stereocenters. The van der Waals surface area contributed by atoms with Crippen molar-refractivity contribution in [2.24, 2.45) is 5.73 Å². The summed E-state index contributed by atoms with van der Waals surface area (Å²) in [4.78, 5) is 21.8. The number of rotatable bonds is 3. The number of carboxylic acids is 2. The summed E-state index contributed by atoms with van der Waals surface area (Å²) < 4.78 is 0. The van der Waals surface area contributed by atoms with Crippen LogP contribution in [0.5, 0.6) is 0 Å². The molecule has 5 N–H and O–H groups in total. The lowest BCUT2D eigenvalue weighted by Gasteiger charge is -2.09. The van der Waals surface area contributed by atoms with Crippen molar-refractivity contribution >= 4 is 35.0 Å². The monoisotopic (exact) mass is 240 g/mol. The molecule has 1 aromatic rings. The van der Waals surface area contributed by atoms with E-state index in [1.807, 2.05) is 0 Å². The maximum Gasteiger partial charge on any atom is 0.338 e. The number of hydrogen-bond acceptors (Lipinski definition) is 3. The van der Waals surface area contributed by atoms with Gasteiger partial charge in [0.25, 0.3) is 0 Å². The minimum Gasteiger partial charge on any atom is -0.478 e. The highest BCUT2D eigenvalue weighted by atomic mass is 32.1. The third-order valence-corrected chi connectivity index (χ3v) is 1.87. The second kappa shape index (κ2) is 4.58. The minimum absolute atomic E-state index is 0.0555. The Bertz CT molecular complexity index is 473. The fourth-order valence-electron chi connectivity index (χ4n) is 1.20. The Hall–Kier alpha value is -2.15. The normalized spacial score (nSPS) is 9.50. The van der Waals surface area contributed by atoms with Crippen LogP contribution < -0.4 is 11.1 Å². The summed E-state index contributed by atoms with van der Waals surface area (Å²) in [6, 6.07) is 3.97. The van der Waals surface area contributed by atoms with Crippen molar-refractivity contribution < 1.29 is 19.8 Å². The molecular formula is C9H8N2O4S. The Morgan fingerprint density at radius 1 is 1.25 bits per heavy atom. The topological polar surface area (TPSA) is 113 Å². The number of hydrogen-bond donors (Lipinski definition) is 4. The molecule has 0 amide bonds. The van der Waals surface area contributed by atoms with Crippen LogP contribution in [0.4, 0.5) is 5.69 Å². The Kier molecular flexibility index (Phi) is 3.41. The molecule has 0 aliphatic carbocycles. The van der Waals surface area contributed by atoms with E-state index < -0.39 is 11.9 Å². The number of nitrogens with one attached hydrogen (secondary N) is 1. The zero-order valence-electron chi connectivity index (χ0n) is 7.93. The lowest BCUT2D eigenvalue weighted by molar-refractivity contribution is 0.0652. The van der Waals surface area contributed by atoms with Gasteiger partial charge in [-0.3, -0.25) is 0 Å². The quantitative estimate of drug-likeness (QED) is 0.576. The first-order valence-electron chi connectivity index (χ1n) is 4.09. The van der Waals surface area contributed by atoms with Gasteiger partial charge in [-0.2, -0.15) is 0 Å². The summed E-state index contributed by atoms with van der Waals surface area (Å²) in [6.07, 6.45) is 0. The van der Waals surface area contributed by atoms with Gasteiger partial charge in [0.15, 0.2) is 5.11 Å². The van der Waals surface area contributed by atoms with E-state index in [-0.39, 0.29) is 21.9 Å². The first kappa shape index (κ1) is 11.9. The maximum atomic E-state index is 10.9. The molecule has 0 aromatic heterocycles. The molecule has 16 heavy (non-hydrogen) atoms. The largest absolute Gasteiger partial charge is 0.478 e. The average Bonchev–Trinajstić information content (AvgIpc) is 2.15. The predicted octanol–water partition coefficient (Wildman–Crippen LogP) is 0.739. The summed E-state index contributed by atoms with van der Waals surface area (Å²) in [5.74, 6) is -2.69. The Labute approximate surface area is 95.7 Å². The smallest absolute Gasteiger partial charge is 0.338 e. The van der Waals surface area contributed by atoms with Crippen LogP contribution in [0.1, 0.15) is 20.7 Å². The van der Waals surface area contributed by atoms with Gasteiger partial charge in [0.1, 0.15) is 0 Å². The molecule has 84 valence electrons. The number of thiocarbonyl (C=S) groups is 1. The van der Waals surface area contributed by atoms with Gasteiger partial charge in [0, 0.05) is 0 Å². The van der Waals surface area contributed by atoms with Gasteiger partial charge in [-0.05, 0) is 24.4 Å². The van der Waals surface area contributed by atoms with Crippen LogP contribution in [0.15, 0.2) is 18.2 Å². The van der Waals surface area contributed by atoms with E-state index in [0.29, 0.717) is 0 Å². The summed E-state index contributed by atoms with van der Waals surface area (Å²) in [5, 5.41) is 20.0. The molecule has 0 fully saturated rings. The van der Waals surface area contributed by atoms with E-state index >= 15 is 0 Å². The maximum absolute atomic E-state index is 10.9. The van der Waals surface area contributed by atoms with Crippen molar-refractivity contribution in [1.29, 1.82) is 0 Å². The van der Waals surface area contributed by atoms with Crippen molar-refractivity contribution in [3.05, 3.63) is 29.3 Å². The third-order valence-electron chi connectivity index (χ3n) is 1.77. The van der Waals surface area contributed by atoms with E-state index in [9.17, 15) is 9.59 Å². The van der Waals surface area contributed by atoms with Gasteiger partial charge >= 0.3 is 11.9 Å². The zero-order valence-corrected chi connectivity index (χ0v) is 8.75. The van der Waals surface area contributed by atoms with Crippen LogP contribution in [-0.2, 0) is 0 Å². The summed E-state index contributed by atoms with van der Waals surface area (Å²) in [7, 11) is 0. The van der Waals surface area contributed by atoms with Gasteiger partial charge in [-0.15, -0.1) is 0 Å². The van der Waals surface area contributed by atoms with Gasteiger partial charge in [-0.25, -0.2) is 9.59 Å². The Balaban J connectivity index is 3.38. The average molecular weight is 240 g/mol. The van der Waals surface area contributed by atoms with Gasteiger partial charge in [0.2, 0.25) is 0 Å². The highest BCUT2D eigenvalue weighted by Crippen LogP contribution is 2.20. The van der Waals surface area contributed by atoms with Crippen LogP contribution in [0.2, 0.25) is 0 Å². The molecule has 0 unspecified atom stereocenters. The molecule has 6 nitrogen and oxygen atoms in total. The number of nitrogens with two attached hydrogens (primary N) is 1. The van der Waals surface area contributed by atoms with Crippen molar-refractivity contribution in [2.75, 3.05) is 5.32 Å². The fourth-order valence-corrected chi connectivity index (χ4v) is 1.31. The second-order valence-corrected chi connectivity index (χ2v) is 3.27. The van der Waals surface area contributed by atoms with Crippen LogP contribution in [0, 0.1) is 0 Å². The van der Waals surface area contributed by atoms with Crippen LogP contribution >= 0.6 is 12.2 Å². The number of aromatic carboxylic acids is 2. The molecule has 0 aliphatic rings. The molecule has 0 saturated carbocycles. The number of carboxylic acid groups (broad SMARTS) is 2. The van der Waals surface area contributed by atoms with Crippen molar-refractivity contribution in [2.45, 2.75) is 0 Å². The molecule has 1 aromatic carbocycles. The first-order valence-corrected chi connectivity index (χ1v) is 4.50. The van der Waals surface area contributed by atoms with E-state index in [1.54, 1.807) is 0 Å². The Morgan fingerprint density at radius 2 is 1.88 bits per heavy atom. The van der Waals surface area contributed by atoms with Crippen LogP contribution in [-0.4, -0.2) is 27.3 Å². The van der Waals surface area contributed by atoms with Gasteiger partial charge < -0.3 is 21.3 Å². The standard InChI is InChI=1S/C9H8N2O4S/c10-9(16)11-5-3-1-2-4(7(12)13)6(5)8(14)15/h1-3H,(H,12,13)(H,14,15)(H3,10,11,16). The second-order valence-electron chi connectivity index (χ2n) is 2.83. The SMILES string of the molecule is NC(=S)Nc1cccc(C(=O)O)c1C(=O)O. The molecule has 7 heteroatoms. The lowest BCUT2D eigenvalue weighted by atomic mass is 10.1. The molecule has 0 aliphatic heterocycles. The van der Waals surface area contributed by atoms with E-state index in [4.69, 9.17) is 15.9 Å². The molecule has 0 spiro atoms. The summed E-state index contributed by atoms with van der Waals surface area (Å²) in [5.41, 5.74) is 4.56. The number of anilines is 1. The fraction of sp³-hybridized carbons (Fsp3) is 0. The first-order chi connectivity index (χ1) is 7.43. The van der Waals surface area contributed by atoms with Gasteiger partial charge in [0.05, 0.1) is 16.8 Å². The summed E-state index contributed by atoms with van der Waals surface area (Å²) in [6.45, 7) is 0. The Morgan fingerprint density at radius 3 is 2.31 bits per heavy atom. The van der Waals surface area contributed by atoms with Crippen molar-refractivity contribution in [3.8, 4) is 0 Å². The summed E-state index contributed by atoms with van der Waals surface area (Å²) >= 11 is 4.56. The number of benzene rings is 1. The van der Waals surface area contributed by atoms with Crippen LogP contribution in [0.3, 0.4) is 0 Å². The molecule has 1 rings (SSSR count).